The zero-order chi connectivity index (χ0) is 13.3. The van der Waals surface area contributed by atoms with E-state index in [0.29, 0.717) is 5.56 Å². The summed E-state index contributed by atoms with van der Waals surface area (Å²) in [6.45, 7) is 4.70. The number of hydrogen-bond donors (Lipinski definition) is 0. The second-order valence-electron chi connectivity index (χ2n) is 3.96. The number of rotatable bonds is 4. The fourth-order valence-electron chi connectivity index (χ4n) is 1.48. The number of benzene rings is 1. The van der Waals surface area contributed by atoms with Gasteiger partial charge in [0.1, 0.15) is 0 Å². The topological polar surface area (TPSA) is 51.2 Å². The van der Waals surface area contributed by atoms with E-state index < -0.39 is 19.3 Å². The summed E-state index contributed by atoms with van der Waals surface area (Å²) >= 11 is 3.06. The van der Waals surface area contributed by atoms with Crippen LogP contribution < -0.4 is 0 Å². The molecule has 3 nitrogen and oxygen atoms in total. The molecule has 0 radical (unpaired) electrons. The Morgan fingerprint density at radius 3 is 2.35 bits per heavy atom. The highest BCUT2D eigenvalue weighted by Crippen LogP contribution is 2.31. The number of alkyl halides is 1. The van der Waals surface area contributed by atoms with Gasteiger partial charge in [-0.1, -0.05) is 47.1 Å². The van der Waals surface area contributed by atoms with Gasteiger partial charge < -0.3 is 0 Å². The molecule has 0 heterocycles. The standard InChI is InChI=1S/C12H15BrO3S/c1-4-17(15,16)12(3,13)11(14)10-8-6-5-7-9(10)2/h5-8H,4H2,1-3H3/t12-/m1/s1. The highest BCUT2D eigenvalue weighted by atomic mass is 79.9. The number of carbonyl (C=O) groups excluding carboxylic acids is 1. The smallest absolute Gasteiger partial charge is 0.194 e. The van der Waals surface area contributed by atoms with Crippen molar-refractivity contribution in [2.24, 2.45) is 0 Å². The van der Waals surface area contributed by atoms with E-state index in [0.717, 1.165) is 5.56 Å². The molecule has 0 aliphatic rings. The van der Waals surface area contributed by atoms with E-state index in [9.17, 15) is 13.2 Å². The minimum absolute atomic E-state index is 0.0770. The van der Waals surface area contributed by atoms with E-state index in [4.69, 9.17) is 0 Å². The monoisotopic (exact) mass is 318 g/mol. The predicted molar refractivity (Wildman–Crippen MR) is 72.3 cm³/mol. The summed E-state index contributed by atoms with van der Waals surface area (Å²) in [6, 6.07) is 6.96. The first kappa shape index (κ1) is 14.4. The van der Waals surface area contributed by atoms with Crippen LogP contribution in [0.25, 0.3) is 0 Å². The predicted octanol–water partition coefficient (Wildman–Crippen LogP) is 2.72. The molecular formula is C12H15BrO3S. The first-order valence-corrected chi connectivity index (χ1v) is 7.70. The van der Waals surface area contributed by atoms with Gasteiger partial charge in [-0.25, -0.2) is 8.42 Å². The zero-order valence-electron chi connectivity index (χ0n) is 10.0. The maximum atomic E-state index is 12.3. The molecule has 1 aromatic rings. The maximum Gasteiger partial charge on any atom is 0.194 e. The minimum Gasteiger partial charge on any atom is -0.291 e. The third-order valence-electron chi connectivity index (χ3n) is 2.76. The van der Waals surface area contributed by atoms with Crippen LogP contribution in [0.3, 0.4) is 0 Å². The molecule has 1 rings (SSSR count). The fourth-order valence-corrected chi connectivity index (χ4v) is 3.32. The Morgan fingerprint density at radius 1 is 1.35 bits per heavy atom. The Morgan fingerprint density at radius 2 is 1.88 bits per heavy atom. The van der Waals surface area contributed by atoms with E-state index in [-0.39, 0.29) is 5.75 Å². The number of sulfone groups is 1. The zero-order valence-corrected chi connectivity index (χ0v) is 12.4. The molecule has 0 saturated heterocycles. The van der Waals surface area contributed by atoms with Crippen molar-refractivity contribution in [3.63, 3.8) is 0 Å². The highest BCUT2D eigenvalue weighted by molar-refractivity contribution is 9.12. The molecule has 0 aliphatic carbocycles. The Kier molecular flexibility index (Phi) is 4.15. The lowest BCUT2D eigenvalue weighted by atomic mass is 10.0. The van der Waals surface area contributed by atoms with Crippen LogP contribution in [-0.2, 0) is 9.84 Å². The van der Waals surface area contributed by atoms with Gasteiger partial charge in [0.15, 0.2) is 19.3 Å². The van der Waals surface area contributed by atoms with E-state index in [2.05, 4.69) is 15.9 Å². The molecule has 0 aliphatic heterocycles. The number of hydrogen-bond acceptors (Lipinski definition) is 3. The largest absolute Gasteiger partial charge is 0.291 e. The van der Waals surface area contributed by atoms with Gasteiger partial charge >= 0.3 is 0 Å². The summed E-state index contributed by atoms with van der Waals surface area (Å²) in [5.74, 6) is -0.496. The molecule has 0 fully saturated rings. The molecule has 1 aromatic carbocycles. The highest BCUT2D eigenvalue weighted by Gasteiger charge is 2.43. The lowest BCUT2D eigenvalue weighted by molar-refractivity contribution is 0.0982. The van der Waals surface area contributed by atoms with Crippen molar-refractivity contribution in [3.8, 4) is 0 Å². The van der Waals surface area contributed by atoms with Crippen LogP contribution in [0.5, 0.6) is 0 Å². The first-order valence-electron chi connectivity index (χ1n) is 5.25. The van der Waals surface area contributed by atoms with E-state index in [1.807, 2.05) is 6.07 Å². The van der Waals surface area contributed by atoms with E-state index >= 15 is 0 Å². The third kappa shape index (κ3) is 2.60. The summed E-state index contributed by atoms with van der Waals surface area (Å²) in [5, 5.41) is 0. The quantitative estimate of drug-likeness (QED) is 0.633. The molecule has 0 spiro atoms. The van der Waals surface area contributed by atoms with Crippen molar-refractivity contribution in [3.05, 3.63) is 35.4 Å². The summed E-state index contributed by atoms with van der Waals surface area (Å²) in [5.41, 5.74) is 1.21. The second-order valence-corrected chi connectivity index (χ2v) is 8.70. The van der Waals surface area contributed by atoms with Gasteiger partial charge in [-0.15, -0.1) is 0 Å². The van der Waals surface area contributed by atoms with Gasteiger partial charge in [0, 0.05) is 11.3 Å². The van der Waals surface area contributed by atoms with Crippen LogP contribution in [0.15, 0.2) is 24.3 Å². The van der Waals surface area contributed by atoms with Gasteiger partial charge in [-0.3, -0.25) is 4.79 Å². The number of carbonyl (C=O) groups is 1. The van der Waals surface area contributed by atoms with E-state index in [1.165, 1.54) is 13.8 Å². The van der Waals surface area contributed by atoms with Crippen LogP contribution in [0.1, 0.15) is 29.8 Å². The molecule has 0 amide bonds. The Labute approximate surface area is 110 Å². The molecule has 0 N–H and O–H groups in total. The van der Waals surface area contributed by atoms with Crippen LogP contribution >= 0.6 is 15.9 Å². The third-order valence-corrected chi connectivity index (χ3v) is 6.71. The van der Waals surface area contributed by atoms with Gasteiger partial charge in [-0.2, -0.15) is 0 Å². The Hall–Kier alpha value is -0.680. The number of ketones is 1. The molecule has 0 saturated carbocycles. The SMILES string of the molecule is CCS(=O)(=O)[C@@](C)(Br)C(=O)c1ccccc1C. The fraction of sp³-hybridized carbons (Fsp3) is 0.417. The maximum absolute atomic E-state index is 12.3. The minimum atomic E-state index is -3.49. The molecule has 1 atom stereocenters. The Balaban J connectivity index is 3.28. The van der Waals surface area contributed by atoms with Gasteiger partial charge in [0.25, 0.3) is 0 Å². The van der Waals surface area contributed by atoms with Crippen molar-refractivity contribution in [2.75, 3.05) is 5.75 Å². The lowest BCUT2D eigenvalue weighted by Crippen LogP contribution is -2.39. The number of aryl methyl sites for hydroxylation is 1. The number of halogens is 1. The average Bonchev–Trinajstić information content (AvgIpc) is 2.28. The van der Waals surface area contributed by atoms with Crippen molar-refractivity contribution in [1.82, 2.24) is 0 Å². The molecular weight excluding hydrogens is 304 g/mol. The summed E-state index contributed by atoms with van der Waals surface area (Å²) in [7, 11) is -3.49. The van der Waals surface area contributed by atoms with Gasteiger partial charge in [0.05, 0.1) is 0 Å². The molecule has 0 bridgehead atoms. The van der Waals surface area contributed by atoms with Crippen LogP contribution in [0, 0.1) is 6.92 Å². The number of Topliss-reactive ketones (excluding diaryl/α,β-unsaturated/α-hetero) is 1. The molecule has 0 unspecified atom stereocenters. The normalized spacial score (nSPS) is 15.3. The molecule has 5 heteroatoms. The summed E-state index contributed by atoms with van der Waals surface area (Å²) in [4.78, 5) is 12.3. The van der Waals surface area contributed by atoms with Crippen molar-refractivity contribution in [1.29, 1.82) is 0 Å². The molecule has 94 valence electrons. The summed E-state index contributed by atoms with van der Waals surface area (Å²) in [6.07, 6.45) is 0. The Bertz CT molecular complexity index is 532. The summed E-state index contributed by atoms with van der Waals surface area (Å²) < 4.78 is 22.2. The average molecular weight is 319 g/mol. The van der Waals surface area contributed by atoms with Crippen LogP contribution in [-0.4, -0.2) is 23.6 Å². The van der Waals surface area contributed by atoms with Crippen molar-refractivity contribution in [2.45, 2.75) is 24.4 Å². The van der Waals surface area contributed by atoms with Crippen molar-refractivity contribution < 1.29 is 13.2 Å². The van der Waals surface area contributed by atoms with Crippen LogP contribution in [0.4, 0.5) is 0 Å². The lowest BCUT2D eigenvalue weighted by Gasteiger charge is -2.21. The van der Waals surface area contributed by atoms with Gasteiger partial charge in [-0.05, 0) is 19.4 Å². The van der Waals surface area contributed by atoms with Crippen LogP contribution in [0.2, 0.25) is 0 Å². The van der Waals surface area contributed by atoms with Gasteiger partial charge in [0.2, 0.25) is 0 Å². The first-order chi connectivity index (χ1) is 7.74. The second kappa shape index (κ2) is 4.90. The molecule has 17 heavy (non-hydrogen) atoms. The van der Waals surface area contributed by atoms with E-state index in [1.54, 1.807) is 25.1 Å². The van der Waals surface area contributed by atoms with Crippen molar-refractivity contribution >= 4 is 31.6 Å². The molecule has 0 aromatic heterocycles.